The van der Waals surface area contributed by atoms with E-state index >= 15 is 0 Å². The molecule has 0 aromatic carbocycles. The zero-order valence-electron chi connectivity index (χ0n) is 7.82. The average Bonchev–Trinajstić information content (AvgIpc) is 2.43. The fourth-order valence-corrected chi connectivity index (χ4v) is 2.60. The third-order valence-corrected chi connectivity index (χ3v) is 3.20. The minimum absolute atomic E-state index is 0.218. The molecule has 0 radical (unpaired) electrons. The van der Waals surface area contributed by atoms with Gasteiger partial charge >= 0.3 is 5.97 Å². The standard InChI is InChI=1S/C10H15NO2/c1-7(12)13-10(6-11)5-8-3-2-4-9(8)10/h2,4,8-9H,3,5-6,11H2,1H3/t8-,9-,10-/m1/s1. The van der Waals surface area contributed by atoms with Crippen LogP contribution in [0.25, 0.3) is 0 Å². The van der Waals surface area contributed by atoms with Crippen molar-refractivity contribution in [2.24, 2.45) is 17.6 Å². The predicted molar refractivity (Wildman–Crippen MR) is 48.9 cm³/mol. The van der Waals surface area contributed by atoms with Gasteiger partial charge in [-0.3, -0.25) is 4.79 Å². The van der Waals surface area contributed by atoms with Crippen molar-refractivity contribution in [3.63, 3.8) is 0 Å². The monoisotopic (exact) mass is 181 g/mol. The molecular formula is C10H15NO2. The van der Waals surface area contributed by atoms with Crippen LogP contribution < -0.4 is 5.73 Å². The van der Waals surface area contributed by atoms with E-state index in [4.69, 9.17) is 10.5 Å². The van der Waals surface area contributed by atoms with Crippen LogP contribution in [0.5, 0.6) is 0 Å². The van der Waals surface area contributed by atoms with Crippen LogP contribution in [-0.2, 0) is 9.53 Å². The summed E-state index contributed by atoms with van der Waals surface area (Å²) < 4.78 is 5.32. The molecule has 0 aliphatic heterocycles. The van der Waals surface area contributed by atoms with Gasteiger partial charge in [-0.05, 0) is 18.8 Å². The van der Waals surface area contributed by atoms with E-state index in [0.717, 1.165) is 12.8 Å². The minimum Gasteiger partial charge on any atom is -0.457 e. The molecule has 13 heavy (non-hydrogen) atoms. The van der Waals surface area contributed by atoms with Crippen molar-refractivity contribution in [3.8, 4) is 0 Å². The number of rotatable bonds is 2. The number of hydrogen-bond acceptors (Lipinski definition) is 3. The second-order valence-corrected chi connectivity index (χ2v) is 4.02. The highest BCUT2D eigenvalue weighted by Gasteiger charge is 2.55. The summed E-state index contributed by atoms with van der Waals surface area (Å²) in [5.41, 5.74) is 5.29. The molecule has 3 atom stereocenters. The molecule has 0 saturated heterocycles. The lowest BCUT2D eigenvalue weighted by Crippen LogP contribution is -2.58. The van der Waals surface area contributed by atoms with Crippen molar-refractivity contribution in [2.75, 3.05) is 6.54 Å². The molecule has 1 fully saturated rings. The Kier molecular flexibility index (Phi) is 1.91. The summed E-state index contributed by atoms with van der Waals surface area (Å²) in [5, 5.41) is 0. The highest BCUT2D eigenvalue weighted by atomic mass is 16.6. The van der Waals surface area contributed by atoms with Gasteiger partial charge in [0.05, 0.1) is 0 Å². The first-order valence-corrected chi connectivity index (χ1v) is 4.74. The SMILES string of the molecule is CC(=O)O[C@@]1(CN)C[C@H]2CC=C[C@H]21. The van der Waals surface area contributed by atoms with Gasteiger partial charge in [0.25, 0.3) is 0 Å². The second kappa shape index (κ2) is 2.84. The Balaban J connectivity index is 2.09. The third kappa shape index (κ3) is 1.18. The van der Waals surface area contributed by atoms with Crippen molar-refractivity contribution in [1.82, 2.24) is 0 Å². The van der Waals surface area contributed by atoms with Crippen molar-refractivity contribution >= 4 is 5.97 Å². The Morgan fingerprint density at radius 1 is 1.77 bits per heavy atom. The Bertz CT molecular complexity index is 262. The molecular weight excluding hydrogens is 166 g/mol. The van der Waals surface area contributed by atoms with Gasteiger partial charge < -0.3 is 10.5 Å². The van der Waals surface area contributed by atoms with Crippen LogP contribution in [0.1, 0.15) is 19.8 Å². The van der Waals surface area contributed by atoms with E-state index in [-0.39, 0.29) is 11.6 Å². The van der Waals surface area contributed by atoms with E-state index < -0.39 is 0 Å². The van der Waals surface area contributed by atoms with Gasteiger partial charge in [-0.1, -0.05) is 12.2 Å². The molecule has 2 N–H and O–H groups in total. The largest absolute Gasteiger partial charge is 0.457 e. The van der Waals surface area contributed by atoms with E-state index in [0.29, 0.717) is 18.4 Å². The molecule has 0 spiro atoms. The maximum atomic E-state index is 10.9. The molecule has 0 aromatic heterocycles. The lowest BCUT2D eigenvalue weighted by atomic mass is 9.62. The first-order chi connectivity index (χ1) is 6.18. The number of hydrogen-bond donors (Lipinski definition) is 1. The number of nitrogens with two attached hydrogens (primary N) is 1. The maximum absolute atomic E-state index is 10.9. The van der Waals surface area contributed by atoms with Crippen molar-refractivity contribution in [1.29, 1.82) is 0 Å². The molecule has 0 aromatic rings. The molecule has 0 heterocycles. The summed E-state index contributed by atoms with van der Waals surface area (Å²) >= 11 is 0. The average molecular weight is 181 g/mol. The van der Waals surface area contributed by atoms with Crippen molar-refractivity contribution in [3.05, 3.63) is 12.2 Å². The first-order valence-electron chi connectivity index (χ1n) is 4.74. The smallest absolute Gasteiger partial charge is 0.303 e. The Morgan fingerprint density at radius 2 is 2.54 bits per heavy atom. The first kappa shape index (κ1) is 8.75. The molecule has 2 aliphatic rings. The highest BCUT2D eigenvalue weighted by Crippen LogP contribution is 2.51. The van der Waals surface area contributed by atoms with Gasteiger partial charge in [0, 0.05) is 19.4 Å². The Hall–Kier alpha value is -0.830. The number of ether oxygens (including phenoxy) is 1. The minimum atomic E-state index is -0.372. The summed E-state index contributed by atoms with van der Waals surface area (Å²) in [7, 11) is 0. The van der Waals surface area contributed by atoms with E-state index in [2.05, 4.69) is 12.2 Å². The molecule has 2 rings (SSSR count). The topological polar surface area (TPSA) is 52.3 Å². The summed E-state index contributed by atoms with van der Waals surface area (Å²) in [5.74, 6) is 0.827. The van der Waals surface area contributed by atoms with Gasteiger partial charge in [0.1, 0.15) is 5.60 Å². The normalized spacial score (nSPS) is 41.1. The summed E-state index contributed by atoms with van der Waals surface area (Å²) in [6.07, 6.45) is 6.36. The van der Waals surface area contributed by atoms with Gasteiger partial charge in [-0.15, -0.1) is 0 Å². The summed E-state index contributed by atoms with van der Waals surface area (Å²) in [6, 6.07) is 0. The van der Waals surface area contributed by atoms with Crippen LogP contribution in [0, 0.1) is 11.8 Å². The number of carbonyl (C=O) groups excluding carboxylic acids is 1. The fraction of sp³-hybridized carbons (Fsp3) is 0.700. The fourth-order valence-electron chi connectivity index (χ4n) is 2.60. The lowest BCUT2D eigenvalue weighted by molar-refractivity contribution is -0.181. The van der Waals surface area contributed by atoms with Gasteiger partial charge in [-0.25, -0.2) is 0 Å². The molecule has 3 heteroatoms. The number of allylic oxidation sites excluding steroid dienone is 1. The molecule has 0 unspecified atom stereocenters. The zero-order valence-corrected chi connectivity index (χ0v) is 7.82. The quantitative estimate of drug-likeness (QED) is 0.507. The van der Waals surface area contributed by atoms with Gasteiger partial charge in [-0.2, -0.15) is 0 Å². The van der Waals surface area contributed by atoms with Crippen LogP contribution in [0.4, 0.5) is 0 Å². The zero-order chi connectivity index (χ0) is 9.47. The van der Waals surface area contributed by atoms with Crippen LogP contribution in [-0.4, -0.2) is 18.1 Å². The molecule has 3 nitrogen and oxygen atoms in total. The summed E-state index contributed by atoms with van der Waals surface area (Å²) in [4.78, 5) is 10.9. The predicted octanol–water partition coefficient (Wildman–Crippen LogP) is 0.843. The highest BCUT2D eigenvalue weighted by molar-refractivity contribution is 5.67. The molecule has 0 bridgehead atoms. The van der Waals surface area contributed by atoms with Crippen LogP contribution in [0.2, 0.25) is 0 Å². The maximum Gasteiger partial charge on any atom is 0.303 e. The van der Waals surface area contributed by atoms with Crippen LogP contribution in [0.15, 0.2) is 12.2 Å². The Labute approximate surface area is 77.9 Å². The molecule has 0 amide bonds. The van der Waals surface area contributed by atoms with Gasteiger partial charge in [0.15, 0.2) is 0 Å². The number of esters is 1. The third-order valence-electron chi connectivity index (χ3n) is 3.20. The van der Waals surface area contributed by atoms with Crippen molar-refractivity contribution < 1.29 is 9.53 Å². The Morgan fingerprint density at radius 3 is 3.08 bits per heavy atom. The van der Waals surface area contributed by atoms with Gasteiger partial charge in [0.2, 0.25) is 0 Å². The number of carbonyl (C=O) groups is 1. The second-order valence-electron chi connectivity index (χ2n) is 4.02. The van der Waals surface area contributed by atoms with E-state index in [1.54, 1.807) is 0 Å². The van der Waals surface area contributed by atoms with E-state index in [1.165, 1.54) is 6.92 Å². The molecule has 72 valence electrons. The summed E-state index contributed by atoms with van der Waals surface area (Å²) in [6.45, 7) is 1.89. The molecule has 1 saturated carbocycles. The van der Waals surface area contributed by atoms with E-state index in [9.17, 15) is 4.79 Å². The van der Waals surface area contributed by atoms with E-state index in [1.807, 2.05) is 0 Å². The number of fused-ring (bicyclic) bond motifs is 1. The van der Waals surface area contributed by atoms with Crippen LogP contribution in [0.3, 0.4) is 0 Å². The van der Waals surface area contributed by atoms with Crippen LogP contribution >= 0.6 is 0 Å². The lowest BCUT2D eigenvalue weighted by Gasteiger charge is -2.50. The van der Waals surface area contributed by atoms with Crippen molar-refractivity contribution in [2.45, 2.75) is 25.4 Å². The molecule has 2 aliphatic carbocycles.